The van der Waals surface area contributed by atoms with E-state index >= 15 is 0 Å². The third-order valence-corrected chi connectivity index (χ3v) is 5.25. The summed E-state index contributed by atoms with van der Waals surface area (Å²) in [5.74, 6) is 0.634. The van der Waals surface area contributed by atoms with Crippen LogP contribution in [-0.4, -0.2) is 45.1 Å². The first-order valence-electron chi connectivity index (χ1n) is 7.06. The third kappa shape index (κ3) is 3.55. The van der Waals surface area contributed by atoms with Crippen molar-refractivity contribution in [3.05, 3.63) is 23.8 Å². The standard InChI is InChI=1S/C14H22N2O4S/c1-3-19-14-5-4-13(8-12(14)9-15)21(17,18)16-6-7-20-11(2)10-16/h4-5,8,11H,3,6-7,9-10,15H2,1-2H3. The summed E-state index contributed by atoms with van der Waals surface area (Å²) in [7, 11) is -3.52. The van der Waals surface area contributed by atoms with E-state index < -0.39 is 10.0 Å². The summed E-state index contributed by atoms with van der Waals surface area (Å²) in [6.45, 7) is 5.65. The normalized spacial score (nSPS) is 20.4. The highest BCUT2D eigenvalue weighted by Crippen LogP contribution is 2.25. The van der Waals surface area contributed by atoms with E-state index in [2.05, 4.69) is 0 Å². The van der Waals surface area contributed by atoms with Gasteiger partial charge in [0.15, 0.2) is 0 Å². The average molecular weight is 314 g/mol. The molecule has 1 fully saturated rings. The Morgan fingerprint density at radius 2 is 2.24 bits per heavy atom. The van der Waals surface area contributed by atoms with Crippen LogP contribution in [0.15, 0.2) is 23.1 Å². The van der Waals surface area contributed by atoms with Gasteiger partial charge in [0.1, 0.15) is 5.75 Å². The molecule has 1 aliphatic heterocycles. The Morgan fingerprint density at radius 1 is 1.48 bits per heavy atom. The van der Waals surface area contributed by atoms with Gasteiger partial charge in [-0.3, -0.25) is 0 Å². The molecule has 0 aromatic heterocycles. The number of hydrogen-bond acceptors (Lipinski definition) is 5. The van der Waals surface area contributed by atoms with E-state index in [9.17, 15) is 8.42 Å². The maximum atomic E-state index is 12.7. The number of nitrogens with two attached hydrogens (primary N) is 1. The molecular formula is C14H22N2O4S. The number of benzene rings is 1. The Bertz CT molecular complexity index is 589. The van der Waals surface area contributed by atoms with Crippen LogP contribution < -0.4 is 10.5 Å². The van der Waals surface area contributed by atoms with Gasteiger partial charge < -0.3 is 15.2 Å². The summed E-state index contributed by atoms with van der Waals surface area (Å²) < 4.78 is 37.6. The smallest absolute Gasteiger partial charge is 0.243 e. The summed E-state index contributed by atoms with van der Waals surface area (Å²) in [5, 5.41) is 0. The first-order chi connectivity index (χ1) is 9.98. The fourth-order valence-corrected chi connectivity index (χ4v) is 3.88. The molecule has 0 saturated carbocycles. The first kappa shape index (κ1) is 16.2. The molecule has 6 nitrogen and oxygen atoms in total. The minimum atomic E-state index is -3.52. The maximum absolute atomic E-state index is 12.7. The summed E-state index contributed by atoms with van der Waals surface area (Å²) in [5.41, 5.74) is 6.38. The lowest BCUT2D eigenvalue weighted by atomic mass is 10.2. The van der Waals surface area contributed by atoms with E-state index in [0.717, 1.165) is 0 Å². The van der Waals surface area contributed by atoms with Crippen molar-refractivity contribution in [1.29, 1.82) is 0 Å². The van der Waals surface area contributed by atoms with Crippen molar-refractivity contribution in [2.45, 2.75) is 31.4 Å². The zero-order chi connectivity index (χ0) is 15.5. The van der Waals surface area contributed by atoms with Crippen molar-refractivity contribution in [1.82, 2.24) is 4.31 Å². The quantitative estimate of drug-likeness (QED) is 0.875. The second-order valence-corrected chi connectivity index (χ2v) is 6.89. The van der Waals surface area contributed by atoms with E-state index in [1.807, 2.05) is 13.8 Å². The molecule has 0 amide bonds. The Morgan fingerprint density at radius 3 is 2.86 bits per heavy atom. The van der Waals surface area contributed by atoms with Gasteiger partial charge in [0.25, 0.3) is 0 Å². The van der Waals surface area contributed by atoms with Crippen LogP contribution in [0.3, 0.4) is 0 Å². The van der Waals surface area contributed by atoms with E-state index in [0.29, 0.717) is 37.6 Å². The van der Waals surface area contributed by atoms with Gasteiger partial charge in [0.05, 0.1) is 24.2 Å². The van der Waals surface area contributed by atoms with Gasteiger partial charge >= 0.3 is 0 Å². The van der Waals surface area contributed by atoms with Gasteiger partial charge in [-0.1, -0.05) is 0 Å². The lowest BCUT2D eigenvalue weighted by Gasteiger charge is -2.30. The SMILES string of the molecule is CCOc1ccc(S(=O)(=O)N2CCOC(C)C2)cc1CN. The van der Waals surface area contributed by atoms with Crippen LogP contribution in [0, 0.1) is 0 Å². The van der Waals surface area contributed by atoms with Crippen LogP contribution in [-0.2, 0) is 21.3 Å². The Hall–Kier alpha value is -1.15. The fraction of sp³-hybridized carbons (Fsp3) is 0.571. The van der Waals surface area contributed by atoms with Crippen LogP contribution in [0.2, 0.25) is 0 Å². The third-order valence-electron chi connectivity index (χ3n) is 3.39. The van der Waals surface area contributed by atoms with Crippen molar-refractivity contribution in [2.24, 2.45) is 5.73 Å². The summed E-state index contributed by atoms with van der Waals surface area (Å²) in [4.78, 5) is 0.250. The minimum Gasteiger partial charge on any atom is -0.494 e. The Kier molecular flexibility index (Phi) is 5.21. The number of ether oxygens (including phenoxy) is 2. The minimum absolute atomic E-state index is 0.0924. The second kappa shape index (κ2) is 6.74. The Balaban J connectivity index is 2.31. The zero-order valence-electron chi connectivity index (χ0n) is 12.4. The molecule has 21 heavy (non-hydrogen) atoms. The Labute approximate surface area is 125 Å². The molecule has 1 aliphatic rings. The molecule has 0 spiro atoms. The van der Waals surface area contributed by atoms with Crippen LogP contribution in [0.4, 0.5) is 0 Å². The number of hydrogen-bond donors (Lipinski definition) is 1. The molecule has 0 aliphatic carbocycles. The van der Waals surface area contributed by atoms with Crippen molar-refractivity contribution in [2.75, 3.05) is 26.3 Å². The average Bonchev–Trinajstić information content (AvgIpc) is 2.47. The molecular weight excluding hydrogens is 292 g/mol. The highest BCUT2D eigenvalue weighted by atomic mass is 32.2. The molecule has 1 saturated heterocycles. The van der Waals surface area contributed by atoms with Crippen LogP contribution in [0.5, 0.6) is 5.75 Å². The highest BCUT2D eigenvalue weighted by molar-refractivity contribution is 7.89. The molecule has 1 aromatic rings. The molecule has 7 heteroatoms. The van der Waals surface area contributed by atoms with E-state index in [1.54, 1.807) is 18.2 Å². The topological polar surface area (TPSA) is 81.9 Å². The monoisotopic (exact) mass is 314 g/mol. The van der Waals surface area contributed by atoms with Crippen molar-refractivity contribution >= 4 is 10.0 Å². The molecule has 2 rings (SSSR count). The summed E-state index contributed by atoms with van der Waals surface area (Å²) in [6, 6.07) is 4.84. The molecule has 1 unspecified atom stereocenters. The summed E-state index contributed by atoms with van der Waals surface area (Å²) in [6.07, 6.45) is -0.0924. The number of sulfonamides is 1. The number of morpholine rings is 1. The van der Waals surface area contributed by atoms with Gasteiger partial charge in [0, 0.05) is 25.2 Å². The lowest BCUT2D eigenvalue weighted by molar-refractivity contribution is 0.0102. The predicted octanol–water partition coefficient (Wildman–Crippen LogP) is 0.953. The van der Waals surface area contributed by atoms with Gasteiger partial charge in [0.2, 0.25) is 10.0 Å². The van der Waals surface area contributed by atoms with Crippen molar-refractivity contribution in [3.8, 4) is 5.75 Å². The lowest BCUT2D eigenvalue weighted by Crippen LogP contribution is -2.44. The first-order valence-corrected chi connectivity index (χ1v) is 8.50. The number of nitrogens with zero attached hydrogens (tertiary/aromatic N) is 1. The van der Waals surface area contributed by atoms with Gasteiger partial charge in [-0.25, -0.2) is 8.42 Å². The molecule has 1 aromatic carbocycles. The van der Waals surface area contributed by atoms with E-state index in [1.165, 1.54) is 4.31 Å². The fourth-order valence-electron chi connectivity index (χ4n) is 2.33. The molecule has 1 atom stereocenters. The maximum Gasteiger partial charge on any atom is 0.243 e. The van der Waals surface area contributed by atoms with Gasteiger partial charge in [-0.05, 0) is 32.0 Å². The van der Waals surface area contributed by atoms with Gasteiger partial charge in [-0.15, -0.1) is 0 Å². The molecule has 118 valence electrons. The molecule has 0 radical (unpaired) electrons. The van der Waals surface area contributed by atoms with E-state index in [4.69, 9.17) is 15.2 Å². The van der Waals surface area contributed by atoms with Crippen molar-refractivity contribution in [3.63, 3.8) is 0 Å². The van der Waals surface area contributed by atoms with Crippen LogP contribution in [0.1, 0.15) is 19.4 Å². The molecule has 2 N–H and O–H groups in total. The molecule has 0 bridgehead atoms. The van der Waals surface area contributed by atoms with Gasteiger partial charge in [-0.2, -0.15) is 4.31 Å². The van der Waals surface area contributed by atoms with Crippen LogP contribution in [0.25, 0.3) is 0 Å². The zero-order valence-corrected chi connectivity index (χ0v) is 13.2. The van der Waals surface area contributed by atoms with Crippen molar-refractivity contribution < 1.29 is 17.9 Å². The predicted molar refractivity (Wildman–Crippen MR) is 79.7 cm³/mol. The second-order valence-electron chi connectivity index (χ2n) is 4.95. The summed E-state index contributed by atoms with van der Waals surface area (Å²) >= 11 is 0. The molecule has 1 heterocycles. The largest absolute Gasteiger partial charge is 0.494 e. The number of rotatable bonds is 5. The highest BCUT2D eigenvalue weighted by Gasteiger charge is 2.29. The van der Waals surface area contributed by atoms with Crippen LogP contribution >= 0.6 is 0 Å². The van der Waals surface area contributed by atoms with E-state index in [-0.39, 0.29) is 17.5 Å².